The van der Waals surface area contributed by atoms with Gasteiger partial charge < -0.3 is 14.8 Å². The molecule has 2 aromatic carbocycles. The van der Waals surface area contributed by atoms with Crippen molar-refractivity contribution < 1.29 is 22.7 Å². The maximum absolute atomic E-state index is 12.6. The van der Waals surface area contributed by atoms with Gasteiger partial charge in [-0.3, -0.25) is 9.10 Å². The van der Waals surface area contributed by atoms with Gasteiger partial charge >= 0.3 is 0 Å². The third-order valence-corrected chi connectivity index (χ3v) is 6.33. The Hall–Kier alpha value is -2.74. The van der Waals surface area contributed by atoms with Gasteiger partial charge in [-0.1, -0.05) is 29.8 Å². The van der Waals surface area contributed by atoms with E-state index in [1.54, 1.807) is 25.1 Å². The lowest BCUT2D eigenvalue weighted by Crippen LogP contribution is -2.42. The van der Waals surface area contributed by atoms with Gasteiger partial charge in [0.2, 0.25) is 22.7 Å². The molecule has 1 N–H and O–H groups in total. The fraction of sp³-hybridized carbons (Fsp3) is 0.350. The molecule has 1 heterocycles. The minimum atomic E-state index is -3.66. The fourth-order valence-electron chi connectivity index (χ4n) is 2.90. The van der Waals surface area contributed by atoms with Crippen LogP contribution in [0.2, 0.25) is 0 Å². The second-order valence-electron chi connectivity index (χ2n) is 6.64. The third-order valence-electron chi connectivity index (χ3n) is 4.59. The number of hydrogen-bond donors (Lipinski definition) is 1. The van der Waals surface area contributed by atoms with Crippen molar-refractivity contribution in [3.8, 4) is 11.5 Å². The van der Waals surface area contributed by atoms with E-state index in [1.807, 2.05) is 38.1 Å². The molecule has 3 rings (SSSR count). The second-order valence-corrected chi connectivity index (χ2v) is 8.83. The summed E-state index contributed by atoms with van der Waals surface area (Å²) < 4.78 is 36.9. The highest BCUT2D eigenvalue weighted by Gasteiger charge is 2.26. The van der Waals surface area contributed by atoms with E-state index in [1.165, 1.54) is 0 Å². The molecule has 2 aromatic rings. The van der Waals surface area contributed by atoms with Crippen molar-refractivity contribution >= 4 is 21.6 Å². The van der Waals surface area contributed by atoms with Crippen LogP contribution in [0.5, 0.6) is 11.5 Å². The molecule has 0 spiro atoms. The molecule has 1 amide bonds. The number of benzene rings is 2. The van der Waals surface area contributed by atoms with E-state index in [9.17, 15) is 13.2 Å². The molecule has 28 heavy (non-hydrogen) atoms. The number of ether oxygens (including phenoxy) is 2. The molecule has 7 nitrogen and oxygen atoms in total. The number of carbonyl (C=O) groups is 1. The Morgan fingerprint density at radius 3 is 2.50 bits per heavy atom. The molecular formula is C20H24N2O5S. The average molecular weight is 404 g/mol. The third kappa shape index (κ3) is 4.39. The van der Waals surface area contributed by atoms with Crippen LogP contribution in [0.4, 0.5) is 5.69 Å². The summed E-state index contributed by atoms with van der Waals surface area (Å²) in [6.45, 7) is 5.18. The van der Waals surface area contributed by atoms with Crippen LogP contribution in [0.15, 0.2) is 42.5 Å². The van der Waals surface area contributed by atoms with E-state index >= 15 is 0 Å². The van der Waals surface area contributed by atoms with Gasteiger partial charge in [-0.15, -0.1) is 0 Å². The van der Waals surface area contributed by atoms with Crippen LogP contribution in [-0.2, 0) is 14.8 Å². The van der Waals surface area contributed by atoms with Crippen molar-refractivity contribution in [3.63, 3.8) is 0 Å². The molecule has 1 unspecified atom stereocenters. The number of sulfonamides is 1. The number of carbonyl (C=O) groups excluding carboxylic acids is 1. The molecule has 0 saturated carbocycles. The Balaban J connectivity index is 1.78. The lowest BCUT2D eigenvalue weighted by atomic mass is 10.1. The second kappa shape index (κ2) is 8.10. The highest BCUT2D eigenvalue weighted by molar-refractivity contribution is 7.92. The number of anilines is 1. The van der Waals surface area contributed by atoms with E-state index in [0.29, 0.717) is 17.2 Å². The summed E-state index contributed by atoms with van der Waals surface area (Å²) in [6, 6.07) is 12.4. The van der Waals surface area contributed by atoms with Crippen molar-refractivity contribution in [1.82, 2.24) is 5.32 Å². The highest BCUT2D eigenvalue weighted by atomic mass is 32.2. The lowest BCUT2D eigenvalue weighted by molar-refractivity contribution is -0.120. The molecule has 150 valence electrons. The van der Waals surface area contributed by atoms with Crippen LogP contribution in [0.25, 0.3) is 0 Å². The zero-order valence-electron chi connectivity index (χ0n) is 16.1. The Labute approximate surface area is 165 Å². The van der Waals surface area contributed by atoms with Gasteiger partial charge in [-0.05, 0) is 38.5 Å². The van der Waals surface area contributed by atoms with Gasteiger partial charge in [0, 0.05) is 6.07 Å². The van der Waals surface area contributed by atoms with Crippen LogP contribution >= 0.6 is 0 Å². The first-order valence-electron chi connectivity index (χ1n) is 9.06. The monoisotopic (exact) mass is 404 g/mol. The molecule has 1 atom stereocenters. The Kier molecular flexibility index (Phi) is 5.79. The Morgan fingerprint density at radius 2 is 1.82 bits per heavy atom. The van der Waals surface area contributed by atoms with Crippen molar-refractivity contribution in [1.29, 1.82) is 0 Å². The molecule has 0 bridgehead atoms. The van der Waals surface area contributed by atoms with E-state index in [-0.39, 0.29) is 31.0 Å². The molecule has 1 aliphatic heterocycles. The van der Waals surface area contributed by atoms with Crippen LogP contribution in [-0.4, -0.2) is 33.4 Å². The number of hydrogen-bond acceptors (Lipinski definition) is 5. The average Bonchev–Trinajstić information content (AvgIpc) is 3.14. The maximum atomic E-state index is 12.6. The minimum absolute atomic E-state index is 0.0911. The molecular weight excluding hydrogens is 380 g/mol. The summed E-state index contributed by atoms with van der Waals surface area (Å²) in [5, 5.41) is 2.86. The predicted molar refractivity (Wildman–Crippen MR) is 107 cm³/mol. The fourth-order valence-corrected chi connectivity index (χ4v) is 3.96. The normalized spacial score (nSPS) is 13.8. The van der Waals surface area contributed by atoms with Gasteiger partial charge in [0.25, 0.3) is 0 Å². The van der Waals surface area contributed by atoms with Crippen LogP contribution in [0.3, 0.4) is 0 Å². The predicted octanol–water partition coefficient (Wildman–Crippen LogP) is 2.76. The van der Waals surface area contributed by atoms with Crippen molar-refractivity contribution in [3.05, 3.63) is 53.6 Å². The molecule has 8 heteroatoms. The first kappa shape index (κ1) is 20.0. The van der Waals surface area contributed by atoms with E-state index < -0.39 is 10.0 Å². The quantitative estimate of drug-likeness (QED) is 0.767. The van der Waals surface area contributed by atoms with E-state index in [4.69, 9.17) is 9.47 Å². The summed E-state index contributed by atoms with van der Waals surface area (Å²) in [4.78, 5) is 12.6. The van der Waals surface area contributed by atoms with Gasteiger partial charge in [0.05, 0.1) is 17.5 Å². The number of amides is 1. The zero-order valence-corrected chi connectivity index (χ0v) is 17.0. The van der Waals surface area contributed by atoms with Gasteiger partial charge in [0.1, 0.15) is 6.54 Å². The largest absolute Gasteiger partial charge is 0.454 e. The first-order chi connectivity index (χ1) is 13.3. The minimum Gasteiger partial charge on any atom is -0.454 e. The van der Waals surface area contributed by atoms with Crippen molar-refractivity contribution in [2.75, 3.05) is 23.4 Å². The summed E-state index contributed by atoms with van der Waals surface area (Å²) in [6.07, 6.45) is 0. The van der Waals surface area contributed by atoms with E-state index in [2.05, 4.69) is 5.32 Å². The van der Waals surface area contributed by atoms with Crippen LogP contribution < -0.4 is 19.1 Å². The molecule has 0 aromatic heterocycles. The Bertz CT molecular complexity index is 957. The van der Waals surface area contributed by atoms with Crippen molar-refractivity contribution in [2.24, 2.45) is 0 Å². The van der Waals surface area contributed by atoms with E-state index in [0.717, 1.165) is 15.4 Å². The molecule has 0 saturated heterocycles. The maximum Gasteiger partial charge on any atom is 0.241 e. The van der Waals surface area contributed by atoms with Gasteiger partial charge in [-0.2, -0.15) is 0 Å². The van der Waals surface area contributed by atoms with Crippen LogP contribution in [0, 0.1) is 6.92 Å². The molecule has 0 aliphatic carbocycles. The topological polar surface area (TPSA) is 84.9 Å². The summed E-state index contributed by atoms with van der Waals surface area (Å²) >= 11 is 0. The molecule has 0 radical (unpaired) electrons. The standard InChI is InChI=1S/C20H24N2O5S/c1-4-28(24,25)22(17-9-10-18-19(11-17)27-13-26-18)12-20(23)21-15(3)16-7-5-14(2)6-8-16/h5-11,15H,4,12-13H2,1-3H3,(H,21,23). The van der Waals surface area contributed by atoms with Crippen LogP contribution in [0.1, 0.15) is 31.0 Å². The Morgan fingerprint density at radius 1 is 1.14 bits per heavy atom. The van der Waals surface area contributed by atoms with Crippen molar-refractivity contribution in [2.45, 2.75) is 26.8 Å². The smallest absolute Gasteiger partial charge is 0.241 e. The SMILES string of the molecule is CCS(=O)(=O)N(CC(=O)NC(C)c1ccc(C)cc1)c1ccc2c(c1)OCO2. The number of nitrogens with one attached hydrogen (secondary N) is 1. The first-order valence-corrected chi connectivity index (χ1v) is 10.7. The molecule has 0 fully saturated rings. The molecule has 1 aliphatic rings. The highest BCUT2D eigenvalue weighted by Crippen LogP contribution is 2.36. The number of nitrogens with zero attached hydrogens (tertiary/aromatic N) is 1. The number of aryl methyl sites for hydroxylation is 1. The zero-order chi connectivity index (χ0) is 20.3. The van der Waals surface area contributed by atoms with Gasteiger partial charge in [0.15, 0.2) is 11.5 Å². The lowest BCUT2D eigenvalue weighted by Gasteiger charge is -2.24. The summed E-state index contributed by atoms with van der Waals surface area (Å²) in [7, 11) is -3.66. The summed E-state index contributed by atoms with van der Waals surface area (Å²) in [5.41, 5.74) is 2.45. The van der Waals surface area contributed by atoms with Gasteiger partial charge in [-0.25, -0.2) is 8.42 Å². The number of rotatable bonds is 7. The summed E-state index contributed by atoms with van der Waals surface area (Å²) in [5.74, 6) is 0.502. The number of fused-ring (bicyclic) bond motifs is 1.